The number of ether oxygens (including phenoxy) is 1. The highest BCUT2D eigenvalue weighted by Gasteiger charge is 2.14. The van der Waals surface area contributed by atoms with E-state index in [1.54, 1.807) is 23.6 Å². The molecule has 0 unspecified atom stereocenters. The van der Waals surface area contributed by atoms with Crippen LogP contribution in [0.2, 0.25) is 0 Å². The molecule has 1 aliphatic heterocycles. The van der Waals surface area contributed by atoms with Gasteiger partial charge in [0.15, 0.2) is 0 Å². The van der Waals surface area contributed by atoms with Gasteiger partial charge in [0.25, 0.3) is 5.91 Å². The number of benzene rings is 2. The Balaban J connectivity index is 1.36. The Morgan fingerprint density at radius 3 is 2.76 bits per heavy atom. The molecule has 0 aliphatic carbocycles. The topological polar surface area (TPSA) is 54.5 Å². The number of rotatable bonds is 6. The van der Waals surface area contributed by atoms with Crippen molar-refractivity contribution >= 4 is 17.2 Å². The van der Waals surface area contributed by atoms with E-state index in [9.17, 15) is 9.18 Å². The molecular weight excluding hydrogens is 389 g/mol. The Morgan fingerprint density at radius 2 is 1.93 bits per heavy atom. The van der Waals surface area contributed by atoms with Crippen LogP contribution in [-0.2, 0) is 17.8 Å². The molecule has 1 saturated heterocycles. The van der Waals surface area contributed by atoms with E-state index < -0.39 is 0 Å². The highest BCUT2D eigenvalue weighted by Crippen LogP contribution is 2.26. The lowest BCUT2D eigenvalue weighted by molar-refractivity contribution is 0.0342. The average Bonchev–Trinajstić information content (AvgIpc) is 3.23. The van der Waals surface area contributed by atoms with Gasteiger partial charge in [0.05, 0.1) is 13.2 Å². The third-order valence-electron chi connectivity index (χ3n) is 4.80. The third kappa shape index (κ3) is 5.06. The van der Waals surface area contributed by atoms with Gasteiger partial charge in [-0.25, -0.2) is 9.37 Å². The maximum atomic E-state index is 13.9. The van der Waals surface area contributed by atoms with Crippen LogP contribution in [-0.4, -0.2) is 42.1 Å². The molecule has 0 bridgehead atoms. The Kier molecular flexibility index (Phi) is 6.29. The normalized spacial score (nSPS) is 14.7. The van der Waals surface area contributed by atoms with Gasteiger partial charge < -0.3 is 10.1 Å². The van der Waals surface area contributed by atoms with Gasteiger partial charge in [0.1, 0.15) is 16.5 Å². The first-order chi connectivity index (χ1) is 14.2. The molecule has 0 radical (unpaired) electrons. The highest BCUT2D eigenvalue weighted by molar-refractivity contribution is 7.13. The van der Waals surface area contributed by atoms with Gasteiger partial charge in [-0.15, -0.1) is 11.3 Å². The van der Waals surface area contributed by atoms with Crippen LogP contribution in [0.3, 0.4) is 0 Å². The Hall–Kier alpha value is -2.61. The number of morpholine rings is 1. The number of aromatic nitrogens is 1. The van der Waals surface area contributed by atoms with E-state index in [1.165, 1.54) is 23.0 Å². The van der Waals surface area contributed by atoms with Crippen LogP contribution >= 0.6 is 11.3 Å². The Morgan fingerprint density at radius 1 is 1.14 bits per heavy atom. The summed E-state index contributed by atoms with van der Waals surface area (Å²) >= 11 is 1.26. The van der Waals surface area contributed by atoms with Crippen molar-refractivity contribution in [2.24, 2.45) is 0 Å². The van der Waals surface area contributed by atoms with E-state index in [-0.39, 0.29) is 11.7 Å². The van der Waals surface area contributed by atoms with Crippen molar-refractivity contribution < 1.29 is 13.9 Å². The molecule has 0 atom stereocenters. The highest BCUT2D eigenvalue weighted by atomic mass is 32.1. The van der Waals surface area contributed by atoms with Crippen LogP contribution in [0.5, 0.6) is 0 Å². The van der Waals surface area contributed by atoms with E-state index in [4.69, 9.17) is 4.74 Å². The predicted octanol–water partition coefficient (Wildman–Crippen LogP) is 3.71. The molecule has 1 aliphatic rings. The third-order valence-corrected chi connectivity index (χ3v) is 5.67. The molecule has 3 aromatic rings. The molecule has 5 nitrogen and oxygen atoms in total. The van der Waals surface area contributed by atoms with Gasteiger partial charge in [-0.05, 0) is 23.3 Å². The summed E-state index contributed by atoms with van der Waals surface area (Å²) in [5, 5.41) is 5.06. The van der Waals surface area contributed by atoms with Crippen molar-refractivity contribution in [2.75, 3.05) is 26.3 Å². The van der Waals surface area contributed by atoms with Gasteiger partial charge in [0.2, 0.25) is 0 Å². The first kappa shape index (κ1) is 19.7. The second-order valence-electron chi connectivity index (χ2n) is 6.91. The summed E-state index contributed by atoms with van der Waals surface area (Å²) in [6.45, 7) is 4.73. The molecule has 150 valence electrons. The minimum Gasteiger partial charge on any atom is -0.379 e. The molecule has 1 amide bonds. The summed E-state index contributed by atoms with van der Waals surface area (Å²) < 4.78 is 19.3. The lowest BCUT2D eigenvalue weighted by atomic mass is 10.1. The fourth-order valence-corrected chi connectivity index (χ4v) is 4.09. The number of thiazole rings is 1. The number of amides is 1. The quantitative estimate of drug-likeness (QED) is 0.672. The second-order valence-corrected chi connectivity index (χ2v) is 7.77. The van der Waals surface area contributed by atoms with Crippen LogP contribution in [0.15, 0.2) is 53.9 Å². The van der Waals surface area contributed by atoms with E-state index in [2.05, 4.69) is 27.3 Å². The lowest BCUT2D eigenvalue weighted by Gasteiger charge is -2.26. The minimum absolute atomic E-state index is 0.262. The van der Waals surface area contributed by atoms with Gasteiger partial charge in [-0.2, -0.15) is 0 Å². The number of nitrogens with one attached hydrogen (secondary N) is 1. The van der Waals surface area contributed by atoms with Gasteiger partial charge in [-0.3, -0.25) is 9.69 Å². The molecule has 0 spiro atoms. The van der Waals surface area contributed by atoms with Crippen molar-refractivity contribution in [2.45, 2.75) is 13.1 Å². The smallest absolute Gasteiger partial charge is 0.271 e. The summed E-state index contributed by atoms with van der Waals surface area (Å²) in [6.07, 6.45) is 0. The predicted molar refractivity (Wildman–Crippen MR) is 111 cm³/mol. The summed E-state index contributed by atoms with van der Waals surface area (Å²) in [6, 6.07) is 14.7. The number of hydrogen-bond donors (Lipinski definition) is 1. The number of nitrogens with zero attached hydrogens (tertiary/aromatic N) is 2. The van der Waals surface area contributed by atoms with E-state index in [0.29, 0.717) is 22.8 Å². The van der Waals surface area contributed by atoms with Crippen LogP contribution < -0.4 is 5.32 Å². The number of carbonyl (C=O) groups excluding carboxylic acids is 1. The molecule has 4 rings (SSSR count). The first-order valence-corrected chi connectivity index (χ1v) is 10.4. The van der Waals surface area contributed by atoms with Crippen LogP contribution in [0.1, 0.15) is 21.6 Å². The van der Waals surface area contributed by atoms with Crippen molar-refractivity contribution in [3.63, 3.8) is 0 Å². The summed E-state index contributed by atoms with van der Waals surface area (Å²) in [5.41, 5.74) is 2.97. The monoisotopic (exact) mass is 411 g/mol. The lowest BCUT2D eigenvalue weighted by Crippen LogP contribution is -2.35. The van der Waals surface area contributed by atoms with E-state index in [0.717, 1.165) is 38.4 Å². The average molecular weight is 412 g/mol. The molecule has 29 heavy (non-hydrogen) atoms. The zero-order chi connectivity index (χ0) is 20.1. The molecule has 2 aromatic carbocycles. The van der Waals surface area contributed by atoms with Crippen molar-refractivity contribution in [1.82, 2.24) is 15.2 Å². The van der Waals surface area contributed by atoms with E-state index in [1.807, 2.05) is 12.1 Å². The van der Waals surface area contributed by atoms with E-state index >= 15 is 0 Å². The van der Waals surface area contributed by atoms with Crippen molar-refractivity contribution in [1.29, 1.82) is 0 Å². The summed E-state index contributed by atoms with van der Waals surface area (Å²) in [5.74, 6) is -0.603. The van der Waals surface area contributed by atoms with Gasteiger partial charge in [0, 0.05) is 37.1 Å². The first-order valence-electron chi connectivity index (χ1n) is 9.55. The maximum absolute atomic E-state index is 13.9. The Labute approximate surface area is 173 Å². The number of hydrogen-bond acceptors (Lipinski definition) is 5. The van der Waals surface area contributed by atoms with Crippen molar-refractivity contribution in [3.8, 4) is 10.6 Å². The van der Waals surface area contributed by atoms with Gasteiger partial charge >= 0.3 is 0 Å². The molecule has 7 heteroatoms. The molecule has 1 N–H and O–H groups in total. The van der Waals surface area contributed by atoms with Crippen LogP contribution in [0.4, 0.5) is 4.39 Å². The fraction of sp³-hybridized carbons (Fsp3) is 0.273. The SMILES string of the molecule is O=C(NCc1cccc(CN2CCOCC2)c1)c1csc(-c2ccccc2F)n1. The molecule has 2 heterocycles. The van der Waals surface area contributed by atoms with Gasteiger partial charge in [-0.1, -0.05) is 36.4 Å². The zero-order valence-electron chi connectivity index (χ0n) is 15.9. The summed E-state index contributed by atoms with van der Waals surface area (Å²) in [7, 11) is 0. The summed E-state index contributed by atoms with van der Waals surface area (Å²) in [4.78, 5) is 19.1. The fourth-order valence-electron chi connectivity index (χ4n) is 3.26. The molecule has 1 aromatic heterocycles. The molecule has 0 saturated carbocycles. The molecular formula is C22H22FN3O2S. The molecule has 1 fully saturated rings. The van der Waals surface area contributed by atoms with Crippen LogP contribution in [0.25, 0.3) is 10.6 Å². The Bertz CT molecular complexity index is 985. The standard InChI is InChI=1S/C22H22FN3O2S/c23-19-7-2-1-6-18(19)22-25-20(15-29-22)21(27)24-13-16-4-3-5-17(12-16)14-26-8-10-28-11-9-26/h1-7,12,15H,8-11,13-14H2,(H,24,27). The number of carbonyl (C=O) groups is 1. The largest absolute Gasteiger partial charge is 0.379 e. The minimum atomic E-state index is -0.342. The van der Waals surface area contributed by atoms with Crippen molar-refractivity contribution in [3.05, 3.63) is 76.5 Å². The number of halogens is 1. The van der Waals surface area contributed by atoms with Crippen LogP contribution in [0, 0.1) is 5.82 Å². The maximum Gasteiger partial charge on any atom is 0.271 e. The second kappa shape index (κ2) is 9.26. The zero-order valence-corrected chi connectivity index (χ0v) is 16.8.